The van der Waals surface area contributed by atoms with Crippen molar-refractivity contribution in [3.05, 3.63) is 24.3 Å². The molecule has 1 aromatic rings. The Morgan fingerprint density at radius 3 is 2.48 bits per heavy atom. The van der Waals surface area contributed by atoms with Gasteiger partial charge in [0.1, 0.15) is 18.0 Å². The summed E-state index contributed by atoms with van der Waals surface area (Å²) in [5.41, 5.74) is 0. The van der Waals surface area contributed by atoms with Crippen LogP contribution in [0.4, 0.5) is 0 Å². The standard InChI is InChI=1S/C15H23NO4S/c1-4-9-19-15-13(16-2)10-14(15)20-11-5-7-12(8-6-11)21(3,17)18/h5-8,13-16H,4,9-10H2,1-3H3. The summed E-state index contributed by atoms with van der Waals surface area (Å²) in [6, 6.07) is 6.85. The highest BCUT2D eigenvalue weighted by molar-refractivity contribution is 7.90. The SMILES string of the molecule is CCCOC1C(NC)CC1Oc1ccc(S(C)(=O)=O)cc1. The normalized spacial score (nSPS) is 25.4. The Bertz CT molecular complexity index is 556. The first kappa shape index (κ1) is 16.3. The molecule has 0 bridgehead atoms. The maximum absolute atomic E-state index is 11.4. The van der Waals surface area contributed by atoms with Gasteiger partial charge in [0.05, 0.1) is 4.90 Å². The van der Waals surface area contributed by atoms with E-state index in [1.54, 1.807) is 24.3 Å². The summed E-state index contributed by atoms with van der Waals surface area (Å²) >= 11 is 0. The van der Waals surface area contributed by atoms with E-state index in [-0.39, 0.29) is 12.2 Å². The molecule has 0 heterocycles. The number of hydrogen-bond donors (Lipinski definition) is 1. The summed E-state index contributed by atoms with van der Waals surface area (Å²) in [5.74, 6) is 0.673. The highest BCUT2D eigenvalue weighted by Crippen LogP contribution is 2.29. The number of benzene rings is 1. The lowest BCUT2D eigenvalue weighted by molar-refractivity contribution is -0.106. The maximum Gasteiger partial charge on any atom is 0.175 e. The number of sulfone groups is 1. The Balaban J connectivity index is 1.98. The van der Waals surface area contributed by atoms with Crippen molar-refractivity contribution in [1.29, 1.82) is 0 Å². The predicted octanol–water partition coefficient (Wildman–Crippen LogP) is 1.62. The van der Waals surface area contributed by atoms with Gasteiger partial charge in [-0.2, -0.15) is 0 Å². The number of likely N-dealkylation sites (N-methyl/N-ethyl adjacent to an activating group) is 1. The van der Waals surface area contributed by atoms with E-state index in [0.29, 0.717) is 16.7 Å². The third-order valence-corrected chi connectivity index (χ3v) is 4.80. The third kappa shape index (κ3) is 3.96. The fourth-order valence-electron chi connectivity index (χ4n) is 2.40. The first-order valence-electron chi connectivity index (χ1n) is 7.21. The average molecular weight is 313 g/mol. The van der Waals surface area contributed by atoms with Crippen LogP contribution in [-0.2, 0) is 14.6 Å². The summed E-state index contributed by atoms with van der Waals surface area (Å²) in [5, 5.41) is 3.22. The summed E-state index contributed by atoms with van der Waals surface area (Å²) in [6.45, 7) is 2.79. The largest absolute Gasteiger partial charge is 0.488 e. The van der Waals surface area contributed by atoms with E-state index in [2.05, 4.69) is 12.2 Å². The van der Waals surface area contributed by atoms with Crippen molar-refractivity contribution in [2.75, 3.05) is 19.9 Å². The molecule has 0 aromatic heterocycles. The minimum absolute atomic E-state index is 0.0121. The third-order valence-electron chi connectivity index (χ3n) is 3.67. The van der Waals surface area contributed by atoms with Crippen molar-refractivity contribution >= 4 is 9.84 Å². The topological polar surface area (TPSA) is 64.6 Å². The van der Waals surface area contributed by atoms with E-state index >= 15 is 0 Å². The Labute approximate surface area is 126 Å². The fraction of sp³-hybridized carbons (Fsp3) is 0.600. The van der Waals surface area contributed by atoms with Crippen molar-refractivity contribution in [2.45, 2.75) is 42.9 Å². The van der Waals surface area contributed by atoms with Gasteiger partial charge in [-0.1, -0.05) is 6.92 Å². The number of hydrogen-bond acceptors (Lipinski definition) is 5. The molecule has 0 amide bonds. The summed E-state index contributed by atoms with van der Waals surface area (Å²) < 4.78 is 34.5. The highest BCUT2D eigenvalue weighted by Gasteiger charge is 2.42. The number of ether oxygens (including phenoxy) is 2. The van der Waals surface area contributed by atoms with Crippen molar-refractivity contribution < 1.29 is 17.9 Å². The van der Waals surface area contributed by atoms with E-state index in [1.807, 2.05) is 7.05 Å². The molecule has 6 heteroatoms. The molecule has 118 valence electrons. The summed E-state index contributed by atoms with van der Waals surface area (Å²) in [6.07, 6.45) is 3.12. The molecule has 0 aliphatic heterocycles. The molecule has 3 atom stereocenters. The molecule has 5 nitrogen and oxygen atoms in total. The van der Waals surface area contributed by atoms with Crippen LogP contribution in [0.25, 0.3) is 0 Å². The molecule has 0 radical (unpaired) electrons. The van der Waals surface area contributed by atoms with Crippen LogP contribution in [0.15, 0.2) is 29.2 Å². The van der Waals surface area contributed by atoms with E-state index in [0.717, 1.165) is 19.4 Å². The lowest BCUT2D eigenvalue weighted by Gasteiger charge is -2.43. The van der Waals surface area contributed by atoms with Crippen LogP contribution in [0.5, 0.6) is 5.75 Å². The van der Waals surface area contributed by atoms with Crippen LogP contribution in [0.1, 0.15) is 19.8 Å². The molecule has 1 aromatic carbocycles. The van der Waals surface area contributed by atoms with Gasteiger partial charge >= 0.3 is 0 Å². The van der Waals surface area contributed by atoms with Gasteiger partial charge in [0.15, 0.2) is 9.84 Å². The molecule has 2 rings (SSSR count). The zero-order chi connectivity index (χ0) is 15.5. The minimum atomic E-state index is -3.17. The van der Waals surface area contributed by atoms with Gasteiger partial charge < -0.3 is 14.8 Å². The lowest BCUT2D eigenvalue weighted by Crippen LogP contribution is -2.60. The zero-order valence-corrected chi connectivity index (χ0v) is 13.5. The zero-order valence-electron chi connectivity index (χ0n) is 12.7. The van der Waals surface area contributed by atoms with Gasteiger partial charge in [-0.25, -0.2) is 8.42 Å². The second-order valence-corrected chi connectivity index (χ2v) is 7.38. The highest BCUT2D eigenvalue weighted by atomic mass is 32.2. The quantitative estimate of drug-likeness (QED) is 0.829. The fourth-order valence-corrected chi connectivity index (χ4v) is 3.03. The molecule has 21 heavy (non-hydrogen) atoms. The first-order chi connectivity index (χ1) is 9.95. The van der Waals surface area contributed by atoms with Gasteiger partial charge in [0, 0.05) is 25.3 Å². The Morgan fingerprint density at radius 1 is 1.29 bits per heavy atom. The monoisotopic (exact) mass is 313 g/mol. The van der Waals surface area contributed by atoms with Gasteiger partial charge in [-0.15, -0.1) is 0 Å². The van der Waals surface area contributed by atoms with Gasteiger partial charge in [-0.05, 0) is 37.7 Å². The molecule has 1 fully saturated rings. The number of rotatable bonds is 7. The van der Waals surface area contributed by atoms with Crippen LogP contribution in [0.2, 0.25) is 0 Å². The summed E-state index contributed by atoms with van der Waals surface area (Å²) in [7, 11) is -1.24. The Morgan fingerprint density at radius 2 is 1.95 bits per heavy atom. The first-order valence-corrected chi connectivity index (χ1v) is 9.10. The van der Waals surface area contributed by atoms with E-state index in [1.165, 1.54) is 6.26 Å². The average Bonchev–Trinajstić information content (AvgIpc) is 2.43. The van der Waals surface area contributed by atoms with Crippen LogP contribution in [0.3, 0.4) is 0 Å². The lowest BCUT2D eigenvalue weighted by atomic mass is 9.85. The van der Waals surface area contributed by atoms with Crippen LogP contribution < -0.4 is 10.1 Å². The molecule has 0 spiro atoms. The smallest absolute Gasteiger partial charge is 0.175 e. The second kappa shape index (κ2) is 6.77. The van der Waals surface area contributed by atoms with Gasteiger partial charge in [0.25, 0.3) is 0 Å². The molecule has 1 saturated carbocycles. The van der Waals surface area contributed by atoms with Crippen molar-refractivity contribution in [3.8, 4) is 5.75 Å². The Hall–Kier alpha value is -1.11. The molecule has 3 unspecified atom stereocenters. The van der Waals surface area contributed by atoms with E-state index in [9.17, 15) is 8.42 Å². The molecular weight excluding hydrogens is 290 g/mol. The minimum Gasteiger partial charge on any atom is -0.488 e. The van der Waals surface area contributed by atoms with E-state index < -0.39 is 9.84 Å². The number of nitrogens with one attached hydrogen (secondary N) is 1. The Kier molecular flexibility index (Phi) is 5.24. The van der Waals surface area contributed by atoms with Gasteiger partial charge in [-0.3, -0.25) is 0 Å². The predicted molar refractivity (Wildman–Crippen MR) is 81.5 cm³/mol. The summed E-state index contributed by atoms with van der Waals surface area (Å²) in [4.78, 5) is 0.301. The van der Waals surface area contributed by atoms with Crippen LogP contribution >= 0.6 is 0 Å². The van der Waals surface area contributed by atoms with Crippen LogP contribution in [-0.4, -0.2) is 46.6 Å². The van der Waals surface area contributed by atoms with Crippen molar-refractivity contribution in [3.63, 3.8) is 0 Å². The maximum atomic E-state index is 11.4. The molecule has 1 N–H and O–H groups in total. The second-order valence-electron chi connectivity index (χ2n) is 5.37. The van der Waals surface area contributed by atoms with Crippen molar-refractivity contribution in [2.24, 2.45) is 0 Å². The molecular formula is C15H23NO4S. The van der Waals surface area contributed by atoms with Crippen LogP contribution in [0, 0.1) is 0 Å². The molecule has 1 aliphatic rings. The van der Waals surface area contributed by atoms with E-state index in [4.69, 9.17) is 9.47 Å². The van der Waals surface area contributed by atoms with Crippen molar-refractivity contribution in [1.82, 2.24) is 5.32 Å². The molecule has 1 aliphatic carbocycles. The molecule has 0 saturated heterocycles. The van der Waals surface area contributed by atoms with Gasteiger partial charge in [0.2, 0.25) is 0 Å².